The predicted octanol–water partition coefficient (Wildman–Crippen LogP) is 6.38. The van der Waals surface area contributed by atoms with Crippen molar-refractivity contribution in [1.29, 1.82) is 0 Å². The van der Waals surface area contributed by atoms with Crippen molar-refractivity contribution in [2.24, 2.45) is 0 Å². The van der Waals surface area contributed by atoms with Crippen molar-refractivity contribution < 1.29 is 14.3 Å². The van der Waals surface area contributed by atoms with E-state index in [1.807, 2.05) is 25.1 Å². The van der Waals surface area contributed by atoms with Gasteiger partial charge in [0.15, 0.2) is 6.61 Å². The fourth-order valence-corrected chi connectivity index (χ4v) is 4.15. The van der Waals surface area contributed by atoms with Crippen LogP contribution in [0.4, 0.5) is 0 Å². The molecule has 0 aliphatic carbocycles. The lowest BCUT2D eigenvalue weighted by Gasteiger charge is -2.29. The first-order valence-electron chi connectivity index (χ1n) is 10.9. The van der Waals surface area contributed by atoms with E-state index in [9.17, 15) is 9.59 Å². The van der Waals surface area contributed by atoms with Crippen LogP contribution < -0.4 is 10.1 Å². The van der Waals surface area contributed by atoms with Crippen molar-refractivity contribution in [3.8, 4) is 5.75 Å². The largest absolute Gasteiger partial charge is 0.483 e. The third-order valence-electron chi connectivity index (χ3n) is 5.26. The number of benzene rings is 2. The van der Waals surface area contributed by atoms with Crippen molar-refractivity contribution in [3.63, 3.8) is 0 Å². The highest BCUT2D eigenvalue weighted by molar-refractivity contribution is 9.10. The molecule has 0 saturated carbocycles. The highest BCUT2D eigenvalue weighted by atomic mass is 79.9. The second-order valence-corrected chi connectivity index (χ2v) is 10.5. The Morgan fingerprint density at radius 1 is 1.15 bits per heavy atom. The lowest BCUT2D eigenvalue weighted by atomic mass is 9.87. The Labute approximate surface area is 214 Å². The molecule has 5 nitrogen and oxygen atoms in total. The van der Waals surface area contributed by atoms with Crippen molar-refractivity contribution >= 4 is 50.9 Å². The molecule has 2 amide bonds. The molecule has 0 radical (unpaired) electrons. The summed E-state index contributed by atoms with van der Waals surface area (Å²) in [5.41, 5.74) is 1.72. The van der Waals surface area contributed by atoms with E-state index in [2.05, 4.69) is 42.0 Å². The Bertz CT molecular complexity index is 972. The first-order valence-corrected chi connectivity index (χ1v) is 12.4. The molecule has 1 atom stereocenters. The third kappa shape index (κ3) is 7.62. The zero-order chi connectivity index (χ0) is 24.8. The minimum absolute atomic E-state index is 0.0107. The molecule has 2 aromatic rings. The van der Waals surface area contributed by atoms with E-state index in [-0.39, 0.29) is 30.4 Å². The van der Waals surface area contributed by atoms with E-state index in [1.54, 1.807) is 25.1 Å². The Kier molecular flexibility index (Phi) is 10.1. The highest BCUT2D eigenvalue weighted by Gasteiger charge is 2.28. The molecule has 0 aliphatic rings. The summed E-state index contributed by atoms with van der Waals surface area (Å²) in [5.74, 6) is -0.0452. The van der Waals surface area contributed by atoms with E-state index >= 15 is 0 Å². The molecular formula is C25H31BrCl2N2O3. The van der Waals surface area contributed by atoms with Gasteiger partial charge in [-0.1, -0.05) is 63.0 Å². The normalized spacial score (nSPS) is 12.2. The molecule has 8 heteroatoms. The molecule has 0 spiro atoms. The first kappa shape index (κ1) is 27.5. The van der Waals surface area contributed by atoms with E-state index in [0.29, 0.717) is 27.9 Å². The summed E-state index contributed by atoms with van der Waals surface area (Å²) >= 11 is 16.2. The van der Waals surface area contributed by atoms with Gasteiger partial charge in [0.25, 0.3) is 5.91 Å². The molecule has 0 saturated heterocycles. The van der Waals surface area contributed by atoms with E-state index < -0.39 is 6.04 Å². The zero-order valence-electron chi connectivity index (χ0n) is 19.7. The molecule has 2 aromatic carbocycles. The van der Waals surface area contributed by atoms with Crippen LogP contribution >= 0.6 is 39.1 Å². The molecule has 0 heterocycles. The molecule has 180 valence electrons. The number of nitrogens with one attached hydrogen (secondary N) is 1. The second-order valence-electron chi connectivity index (χ2n) is 8.87. The lowest BCUT2D eigenvalue weighted by Crippen LogP contribution is -2.49. The average molecular weight is 558 g/mol. The summed E-state index contributed by atoms with van der Waals surface area (Å²) in [7, 11) is 0. The van der Waals surface area contributed by atoms with E-state index in [1.165, 1.54) is 4.90 Å². The van der Waals surface area contributed by atoms with Gasteiger partial charge in [0.05, 0.1) is 4.47 Å². The molecule has 0 aromatic heterocycles. The summed E-state index contributed by atoms with van der Waals surface area (Å²) in [6, 6.07) is 10.2. The standard InChI is InChI=1S/C25H31BrCl2N2O3/c1-6-12-29-24(32)16(2)30(14-18-20(27)8-7-9-21(18)28)23(31)15-33-22-11-10-17(13-19(22)26)25(3,4)5/h7-11,13,16H,6,12,14-15H2,1-5H3,(H,29,32)/t16-/m0/s1. The topological polar surface area (TPSA) is 58.6 Å². The summed E-state index contributed by atoms with van der Waals surface area (Å²) in [6.45, 7) is 10.4. The number of ether oxygens (including phenoxy) is 1. The summed E-state index contributed by atoms with van der Waals surface area (Å²) in [4.78, 5) is 27.3. The number of hydrogen-bond donors (Lipinski definition) is 1. The van der Waals surface area contributed by atoms with Gasteiger partial charge in [-0.05, 0) is 64.5 Å². The van der Waals surface area contributed by atoms with Gasteiger partial charge in [-0.2, -0.15) is 0 Å². The Balaban J connectivity index is 2.23. The van der Waals surface area contributed by atoms with Crippen LogP contribution in [0.1, 0.15) is 52.2 Å². The number of halogens is 3. The first-order chi connectivity index (χ1) is 15.5. The van der Waals surface area contributed by atoms with Crippen molar-refractivity contribution in [2.45, 2.75) is 59.0 Å². The fourth-order valence-electron chi connectivity index (χ4n) is 3.14. The fraction of sp³-hybridized carbons (Fsp3) is 0.440. The van der Waals surface area contributed by atoms with Gasteiger partial charge in [-0.25, -0.2) is 0 Å². The van der Waals surface area contributed by atoms with Gasteiger partial charge in [0.1, 0.15) is 11.8 Å². The summed E-state index contributed by atoms with van der Waals surface area (Å²) in [6.07, 6.45) is 0.796. The van der Waals surface area contributed by atoms with Gasteiger partial charge in [0.2, 0.25) is 5.91 Å². The minimum atomic E-state index is -0.730. The summed E-state index contributed by atoms with van der Waals surface area (Å²) in [5, 5.41) is 3.71. The maximum Gasteiger partial charge on any atom is 0.261 e. The highest BCUT2D eigenvalue weighted by Crippen LogP contribution is 2.32. The zero-order valence-corrected chi connectivity index (χ0v) is 22.8. The molecule has 0 fully saturated rings. The quantitative estimate of drug-likeness (QED) is 0.389. The molecule has 33 heavy (non-hydrogen) atoms. The Hall–Kier alpha value is -1.76. The van der Waals surface area contributed by atoms with Crippen molar-refractivity contribution in [1.82, 2.24) is 10.2 Å². The Morgan fingerprint density at radius 3 is 2.33 bits per heavy atom. The smallest absolute Gasteiger partial charge is 0.261 e. The maximum absolute atomic E-state index is 13.2. The summed E-state index contributed by atoms with van der Waals surface area (Å²) < 4.78 is 6.58. The molecule has 1 N–H and O–H groups in total. The number of carbonyl (C=O) groups excluding carboxylic acids is 2. The number of nitrogens with zero attached hydrogens (tertiary/aromatic N) is 1. The van der Waals surface area contributed by atoms with E-state index in [0.717, 1.165) is 16.5 Å². The maximum atomic E-state index is 13.2. The molecule has 2 rings (SSSR count). The number of hydrogen-bond acceptors (Lipinski definition) is 3. The van der Waals surface area contributed by atoms with Crippen LogP contribution in [0.5, 0.6) is 5.75 Å². The molecular weight excluding hydrogens is 527 g/mol. The monoisotopic (exact) mass is 556 g/mol. The van der Waals surface area contributed by atoms with Crippen LogP contribution in [0.25, 0.3) is 0 Å². The van der Waals surface area contributed by atoms with E-state index in [4.69, 9.17) is 27.9 Å². The van der Waals surface area contributed by atoms with Gasteiger partial charge in [-0.15, -0.1) is 0 Å². The molecule has 0 unspecified atom stereocenters. The van der Waals surface area contributed by atoms with Crippen LogP contribution in [0, 0.1) is 0 Å². The number of amides is 2. The van der Waals surface area contributed by atoms with Gasteiger partial charge >= 0.3 is 0 Å². The van der Waals surface area contributed by atoms with Crippen LogP contribution in [-0.2, 0) is 21.5 Å². The van der Waals surface area contributed by atoms with Gasteiger partial charge in [0, 0.05) is 28.7 Å². The Morgan fingerprint density at radius 2 is 1.79 bits per heavy atom. The number of carbonyl (C=O) groups is 2. The predicted molar refractivity (Wildman–Crippen MR) is 138 cm³/mol. The lowest BCUT2D eigenvalue weighted by molar-refractivity contribution is -0.142. The van der Waals surface area contributed by atoms with Gasteiger partial charge in [-0.3, -0.25) is 9.59 Å². The SMILES string of the molecule is CCCNC(=O)[C@H](C)N(Cc1c(Cl)cccc1Cl)C(=O)COc1ccc(C(C)(C)C)cc1Br. The second kappa shape index (κ2) is 12.1. The molecule has 0 aliphatic heterocycles. The minimum Gasteiger partial charge on any atom is -0.483 e. The number of rotatable bonds is 9. The van der Waals surface area contributed by atoms with Crippen LogP contribution in [0.3, 0.4) is 0 Å². The van der Waals surface area contributed by atoms with Crippen molar-refractivity contribution in [3.05, 3.63) is 62.0 Å². The van der Waals surface area contributed by atoms with Gasteiger partial charge < -0.3 is 15.0 Å². The van der Waals surface area contributed by atoms with Crippen molar-refractivity contribution in [2.75, 3.05) is 13.2 Å². The van der Waals surface area contributed by atoms with Crippen LogP contribution in [0.15, 0.2) is 40.9 Å². The third-order valence-corrected chi connectivity index (χ3v) is 6.58. The van der Waals surface area contributed by atoms with Crippen LogP contribution in [0.2, 0.25) is 10.0 Å². The average Bonchev–Trinajstić information content (AvgIpc) is 2.75. The molecule has 0 bridgehead atoms. The van der Waals surface area contributed by atoms with Crippen LogP contribution in [-0.4, -0.2) is 35.9 Å².